The molecule has 1 saturated carbocycles. The highest BCUT2D eigenvalue weighted by Gasteiger charge is 2.66. The van der Waals surface area contributed by atoms with E-state index in [0.29, 0.717) is 18.8 Å². The van der Waals surface area contributed by atoms with Crippen LogP contribution in [0, 0.1) is 17.3 Å². The number of carboxylic acid groups (broad SMARTS) is 1. The Morgan fingerprint density at radius 3 is 2.62 bits per heavy atom. The molecule has 2 aliphatic rings. The molecule has 1 aliphatic heterocycles. The smallest absolute Gasteiger partial charge is 0.307 e. The molecule has 2 heterocycles. The Hall–Kier alpha value is -2.38. The molecular weight excluding hydrogens is 312 g/mol. The first-order valence-electron chi connectivity index (χ1n) is 8.07. The third-order valence-corrected chi connectivity index (χ3v) is 5.11. The number of nitrogens with one attached hydrogen (secondary N) is 1. The van der Waals surface area contributed by atoms with E-state index < -0.39 is 29.3 Å². The lowest BCUT2D eigenvalue weighted by Gasteiger charge is -2.31. The van der Waals surface area contributed by atoms with Gasteiger partial charge in [0.25, 0.3) is 5.91 Å². The quantitative estimate of drug-likeness (QED) is 0.829. The van der Waals surface area contributed by atoms with Gasteiger partial charge in [0.15, 0.2) is 5.82 Å². The number of amides is 2. The van der Waals surface area contributed by atoms with Crippen LogP contribution < -0.4 is 10.2 Å². The van der Waals surface area contributed by atoms with Crippen molar-refractivity contribution in [3.63, 3.8) is 0 Å². The molecule has 0 radical (unpaired) electrons. The van der Waals surface area contributed by atoms with Crippen LogP contribution in [0.3, 0.4) is 0 Å². The van der Waals surface area contributed by atoms with Gasteiger partial charge < -0.3 is 10.4 Å². The fourth-order valence-corrected chi connectivity index (χ4v) is 3.63. The van der Waals surface area contributed by atoms with Gasteiger partial charge >= 0.3 is 5.97 Å². The molecular formula is C16H22N4O4. The predicted octanol–water partition coefficient (Wildman–Crippen LogP) is 0.388. The summed E-state index contributed by atoms with van der Waals surface area (Å²) in [5, 5.41) is 16.2. The summed E-state index contributed by atoms with van der Waals surface area (Å²) >= 11 is 0. The zero-order chi connectivity index (χ0) is 17.6. The normalized spacial score (nSPS) is 28.5. The SMILES string of the molecule is Cn1ccc(N2CCCC(NC(=O)[C@@H]3[C@H](C(=O)O)C3(C)C)C2=O)n1. The van der Waals surface area contributed by atoms with Crippen LogP contribution in [0.15, 0.2) is 12.3 Å². The van der Waals surface area contributed by atoms with Gasteiger partial charge in [-0.05, 0) is 18.3 Å². The maximum absolute atomic E-state index is 12.6. The maximum atomic E-state index is 12.6. The summed E-state index contributed by atoms with van der Waals surface area (Å²) in [4.78, 5) is 37.9. The Morgan fingerprint density at radius 1 is 1.38 bits per heavy atom. The largest absolute Gasteiger partial charge is 0.481 e. The van der Waals surface area contributed by atoms with Gasteiger partial charge in [-0.25, -0.2) is 0 Å². The number of anilines is 1. The zero-order valence-electron chi connectivity index (χ0n) is 14.0. The van der Waals surface area contributed by atoms with E-state index in [1.54, 1.807) is 42.7 Å². The van der Waals surface area contributed by atoms with Crippen LogP contribution in [0.4, 0.5) is 5.82 Å². The molecule has 24 heavy (non-hydrogen) atoms. The molecule has 0 bridgehead atoms. The van der Waals surface area contributed by atoms with Crippen LogP contribution in [0.2, 0.25) is 0 Å². The zero-order valence-corrected chi connectivity index (χ0v) is 14.0. The van der Waals surface area contributed by atoms with Crippen LogP contribution in [-0.2, 0) is 21.4 Å². The molecule has 1 aliphatic carbocycles. The average Bonchev–Trinajstić information content (AvgIpc) is 2.84. The van der Waals surface area contributed by atoms with Gasteiger partial charge in [-0.2, -0.15) is 5.10 Å². The van der Waals surface area contributed by atoms with E-state index in [4.69, 9.17) is 0 Å². The third kappa shape index (κ3) is 2.65. The van der Waals surface area contributed by atoms with Crippen molar-refractivity contribution in [3.05, 3.63) is 12.3 Å². The fourth-order valence-electron chi connectivity index (χ4n) is 3.63. The first-order valence-corrected chi connectivity index (χ1v) is 8.07. The molecule has 3 rings (SSSR count). The van der Waals surface area contributed by atoms with Crippen LogP contribution in [0.25, 0.3) is 0 Å². The van der Waals surface area contributed by atoms with E-state index in [-0.39, 0.29) is 11.8 Å². The highest BCUT2D eigenvalue weighted by atomic mass is 16.4. The topological polar surface area (TPSA) is 105 Å². The number of hydrogen-bond acceptors (Lipinski definition) is 4. The van der Waals surface area contributed by atoms with E-state index in [0.717, 1.165) is 6.42 Å². The standard InChI is InChI=1S/C16H22N4O4/c1-16(2)11(12(16)15(23)24)13(21)17-9-5-4-7-20(14(9)22)10-6-8-19(3)18-10/h6,8-9,11-12H,4-5,7H2,1-3H3,(H,17,21)(H,23,24)/t9?,11-,12+/m0/s1. The van der Waals surface area contributed by atoms with Crippen LogP contribution >= 0.6 is 0 Å². The number of rotatable bonds is 4. The van der Waals surface area contributed by atoms with Gasteiger partial charge in [0.1, 0.15) is 6.04 Å². The summed E-state index contributed by atoms with van der Waals surface area (Å²) in [6.45, 7) is 4.09. The van der Waals surface area contributed by atoms with Gasteiger partial charge in [0.05, 0.1) is 11.8 Å². The first kappa shape index (κ1) is 16.5. The van der Waals surface area contributed by atoms with Gasteiger partial charge in [-0.15, -0.1) is 0 Å². The molecule has 1 unspecified atom stereocenters. The van der Waals surface area contributed by atoms with Crippen molar-refractivity contribution in [3.8, 4) is 0 Å². The molecule has 1 aromatic heterocycles. The summed E-state index contributed by atoms with van der Waals surface area (Å²) < 4.78 is 1.62. The van der Waals surface area contributed by atoms with Crippen LogP contribution in [-0.4, -0.2) is 45.3 Å². The Morgan fingerprint density at radius 2 is 2.08 bits per heavy atom. The Kier molecular flexibility index (Phi) is 3.85. The van der Waals surface area contributed by atoms with E-state index >= 15 is 0 Å². The van der Waals surface area contributed by atoms with Gasteiger partial charge in [-0.1, -0.05) is 13.8 Å². The van der Waals surface area contributed by atoms with Crippen molar-refractivity contribution in [2.75, 3.05) is 11.4 Å². The fraction of sp³-hybridized carbons (Fsp3) is 0.625. The first-order chi connectivity index (χ1) is 11.2. The summed E-state index contributed by atoms with van der Waals surface area (Å²) in [5.41, 5.74) is -0.575. The number of carboxylic acids is 1. The third-order valence-electron chi connectivity index (χ3n) is 5.11. The molecule has 0 aromatic carbocycles. The lowest BCUT2D eigenvalue weighted by Crippen LogP contribution is -2.53. The summed E-state index contributed by atoms with van der Waals surface area (Å²) in [5.74, 6) is -2.23. The van der Waals surface area contributed by atoms with Crippen molar-refractivity contribution >= 4 is 23.6 Å². The number of hydrogen-bond donors (Lipinski definition) is 2. The molecule has 1 aromatic rings. The van der Waals surface area contributed by atoms with Crippen molar-refractivity contribution < 1.29 is 19.5 Å². The predicted molar refractivity (Wildman–Crippen MR) is 85.1 cm³/mol. The van der Waals surface area contributed by atoms with E-state index in [1.165, 1.54) is 0 Å². The maximum Gasteiger partial charge on any atom is 0.307 e. The molecule has 8 heteroatoms. The number of aromatic nitrogens is 2. The second kappa shape index (κ2) is 5.61. The van der Waals surface area contributed by atoms with Crippen molar-refractivity contribution in [2.45, 2.75) is 32.7 Å². The molecule has 3 atom stereocenters. The van der Waals surface area contributed by atoms with Crippen molar-refractivity contribution in [2.24, 2.45) is 24.3 Å². The van der Waals surface area contributed by atoms with Gasteiger partial charge in [0, 0.05) is 25.9 Å². The molecule has 0 spiro atoms. The Bertz CT molecular complexity index is 696. The summed E-state index contributed by atoms with van der Waals surface area (Å²) in [6, 6.07) is 1.13. The number of aryl methyl sites for hydroxylation is 1. The average molecular weight is 334 g/mol. The van der Waals surface area contributed by atoms with Gasteiger partial charge in [-0.3, -0.25) is 24.0 Å². The second-order valence-electron chi connectivity index (χ2n) is 7.16. The van der Waals surface area contributed by atoms with E-state index in [1.807, 2.05) is 0 Å². The Balaban J connectivity index is 1.68. The molecule has 1 saturated heterocycles. The van der Waals surface area contributed by atoms with Crippen molar-refractivity contribution in [1.82, 2.24) is 15.1 Å². The second-order valence-corrected chi connectivity index (χ2v) is 7.16. The number of aliphatic carboxylic acids is 1. The highest BCUT2D eigenvalue weighted by Crippen LogP contribution is 2.58. The number of piperidine rings is 1. The van der Waals surface area contributed by atoms with E-state index in [2.05, 4.69) is 10.4 Å². The minimum atomic E-state index is -0.967. The van der Waals surface area contributed by atoms with Crippen LogP contribution in [0.1, 0.15) is 26.7 Å². The van der Waals surface area contributed by atoms with Gasteiger partial charge in [0.2, 0.25) is 5.91 Å². The number of carbonyl (C=O) groups excluding carboxylic acids is 2. The molecule has 2 N–H and O–H groups in total. The number of nitrogens with zero attached hydrogens (tertiary/aromatic N) is 3. The molecule has 8 nitrogen and oxygen atoms in total. The lowest BCUT2D eigenvalue weighted by atomic mass is 10.0. The minimum absolute atomic E-state index is 0.196. The monoisotopic (exact) mass is 334 g/mol. The number of carbonyl (C=O) groups is 3. The van der Waals surface area contributed by atoms with Crippen LogP contribution in [0.5, 0.6) is 0 Å². The molecule has 2 fully saturated rings. The molecule has 130 valence electrons. The lowest BCUT2D eigenvalue weighted by molar-refractivity contribution is -0.140. The summed E-state index contributed by atoms with van der Waals surface area (Å²) in [7, 11) is 1.78. The highest BCUT2D eigenvalue weighted by molar-refractivity contribution is 6.00. The Labute approximate surface area is 139 Å². The molecule has 2 amide bonds. The van der Waals surface area contributed by atoms with Crippen molar-refractivity contribution in [1.29, 1.82) is 0 Å². The minimum Gasteiger partial charge on any atom is -0.481 e. The van der Waals surface area contributed by atoms with E-state index in [9.17, 15) is 19.5 Å². The summed E-state index contributed by atoms with van der Waals surface area (Å²) in [6.07, 6.45) is 3.07.